The molecule has 2 heterocycles. The summed E-state index contributed by atoms with van der Waals surface area (Å²) in [5.41, 5.74) is 1.36. The summed E-state index contributed by atoms with van der Waals surface area (Å²) < 4.78 is 5.39. The first-order chi connectivity index (χ1) is 11.6. The highest BCUT2D eigenvalue weighted by Gasteiger charge is 2.25. The molecule has 24 heavy (non-hydrogen) atoms. The zero-order valence-corrected chi connectivity index (χ0v) is 13.5. The molecular formula is C18H18N4O2. The molecule has 0 radical (unpaired) electrons. The number of nitrogens with zero attached hydrogens (tertiary/aromatic N) is 3. The third kappa shape index (κ3) is 3.48. The lowest BCUT2D eigenvalue weighted by Crippen LogP contribution is -2.32. The summed E-state index contributed by atoms with van der Waals surface area (Å²) in [6.07, 6.45) is 3.15. The number of amides is 1. The van der Waals surface area contributed by atoms with Gasteiger partial charge < -0.3 is 9.84 Å². The van der Waals surface area contributed by atoms with Crippen LogP contribution in [0.3, 0.4) is 0 Å². The zero-order valence-electron chi connectivity index (χ0n) is 13.5. The van der Waals surface area contributed by atoms with E-state index in [4.69, 9.17) is 4.52 Å². The summed E-state index contributed by atoms with van der Waals surface area (Å²) >= 11 is 0. The molecule has 1 atom stereocenters. The molecule has 3 aromatic rings. The van der Waals surface area contributed by atoms with E-state index in [2.05, 4.69) is 20.4 Å². The van der Waals surface area contributed by atoms with Gasteiger partial charge in [0.2, 0.25) is 11.7 Å². The molecule has 0 aliphatic carbocycles. The fourth-order valence-electron chi connectivity index (χ4n) is 2.30. The first-order valence-corrected chi connectivity index (χ1v) is 7.75. The van der Waals surface area contributed by atoms with Crippen LogP contribution in [0.4, 0.5) is 0 Å². The van der Waals surface area contributed by atoms with Crippen molar-refractivity contribution in [2.24, 2.45) is 5.92 Å². The van der Waals surface area contributed by atoms with Gasteiger partial charge >= 0.3 is 0 Å². The van der Waals surface area contributed by atoms with Crippen molar-refractivity contribution in [3.63, 3.8) is 0 Å². The summed E-state index contributed by atoms with van der Waals surface area (Å²) in [4.78, 5) is 20.8. The lowest BCUT2D eigenvalue weighted by molar-refractivity contribution is 0.0913. The molecule has 0 spiro atoms. The highest BCUT2D eigenvalue weighted by atomic mass is 16.5. The minimum Gasteiger partial charge on any atom is -0.340 e. The van der Waals surface area contributed by atoms with Crippen molar-refractivity contribution in [1.82, 2.24) is 20.4 Å². The first kappa shape index (κ1) is 15.9. The van der Waals surface area contributed by atoms with E-state index >= 15 is 0 Å². The van der Waals surface area contributed by atoms with Crippen molar-refractivity contribution >= 4 is 5.91 Å². The third-order valence-corrected chi connectivity index (χ3v) is 3.62. The van der Waals surface area contributed by atoms with Crippen molar-refractivity contribution in [3.8, 4) is 11.4 Å². The van der Waals surface area contributed by atoms with Gasteiger partial charge in [-0.2, -0.15) is 4.98 Å². The molecule has 0 aliphatic rings. The fourth-order valence-corrected chi connectivity index (χ4v) is 2.30. The molecule has 1 N–H and O–H groups in total. The minimum absolute atomic E-state index is 0.0923. The molecule has 2 aromatic heterocycles. The Morgan fingerprint density at radius 1 is 1.12 bits per heavy atom. The van der Waals surface area contributed by atoms with Crippen molar-refractivity contribution in [3.05, 3.63) is 66.3 Å². The lowest BCUT2D eigenvalue weighted by Gasteiger charge is -2.18. The van der Waals surface area contributed by atoms with E-state index in [1.165, 1.54) is 6.20 Å². The summed E-state index contributed by atoms with van der Waals surface area (Å²) in [5, 5.41) is 6.96. The number of pyridine rings is 1. The van der Waals surface area contributed by atoms with Gasteiger partial charge in [-0.25, -0.2) is 0 Å². The quantitative estimate of drug-likeness (QED) is 0.780. The second kappa shape index (κ2) is 7.04. The zero-order chi connectivity index (χ0) is 16.9. The number of hydrogen-bond acceptors (Lipinski definition) is 5. The average molecular weight is 322 g/mol. The Balaban J connectivity index is 1.82. The number of nitrogens with one attached hydrogen (secondary N) is 1. The maximum atomic E-state index is 12.4. The SMILES string of the molecule is CC(C)[C@H](NC(=O)c1cccnc1)c1nc(-c2ccccc2)no1. The van der Waals surface area contributed by atoms with Gasteiger partial charge in [0.05, 0.1) is 5.56 Å². The molecule has 3 rings (SSSR count). The number of carbonyl (C=O) groups excluding carboxylic acids is 1. The largest absolute Gasteiger partial charge is 0.340 e. The molecule has 1 aromatic carbocycles. The van der Waals surface area contributed by atoms with E-state index in [9.17, 15) is 4.79 Å². The molecule has 0 bridgehead atoms. The first-order valence-electron chi connectivity index (χ1n) is 7.75. The molecule has 0 fully saturated rings. The van der Waals surface area contributed by atoms with E-state index in [-0.39, 0.29) is 17.9 Å². The lowest BCUT2D eigenvalue weighted by atomic mass is 10.0. The molecule has 6 nitrogen and oxygen atoms in total. The van der Waals surface area contributed by atoms with E-state index in [0.717, 1.165) is 5.56 Å². The Morgan fingerprint density at radius 3 is 2.58 bits per heavy atom. The average Bonchev–Trinajstić information content (AvgIpc) is 3.10. The second-order valence-corrected chi connectivity index (χ2v) is 5.76. The number of benzene rings is 1. The van der Waals surface area contributed by atoms with E-state index < -0.39 is 0 Å². The summed E-state index contributed by atoms with van der Waals surface area (Å²) in [6, 6.07) is 12.6. The smallest absolute Gasteiger partial charge is 0.253 e. The van der Waals surface area contributed by atoms with Crippen LogP contribution < -0.4 is 5.32 Å². The molecule has 122 valence electrons. The normalized spacial score (nSPS) is 12.1. The molecular weight excluding hydrogens is 304 g/mol. The molecule has 0 saturated heterocycles. The Kier molecular flexibility index (Phi) is 4.65. The van der Waals surface area contributed by atoms with Crippen molar-refractivity contribution in [1.29, 1.82) is 0 Å². The van der Waals surface area contributed by atoms with Gasteiger partial charge in [-0.05, 0) is 18.1 Å². The van der Waals surface area contributed by atoms with Crippen LogP contribution in [0, 0.1) is 5.92 Å². The van der Waals surface area contributed by atoms with Gasteiger partial charge in [0.25, 0.3) is 5.91 Å². The second-order valence-electron chi connectivity index (χ2n) is 5.76. The van der Waals surface area contributed by atoms with Gasteiger partial charge in [-0.15, -0.1) is 0 Å². The highest BCUT2D eigenvalue weighted by Crippen LogP contribution is 2.23. The van der Waals surface area contributed by atoms with Gasteiger partial charge in [-0.1, -0.05) is 49.3 Å². The van der Waals surface area contributed by atoms with Crippen LogP contribution in [0.25, 0.3) is 11.4 Å². The Bertz CT molecular complexity index is 800. The highest BCUT2D eigenvalue weighted by molar-refractivity contribution is 5.94. The Labute approximate surface area is 139 Å². The fraction of sp³-hybridized carbons (Fsp3) is 0.222. The van der Waals surface area contributed by atoms with Crippen molar-refractivity contribution in [2.75, 3.05) is 0 Å². The molecule has 6 heteroatoms. The minimum atomic E-state index is -0.373. The van der Waals surface area contributed by atoms with Gasteiger partial charge in [0, 0.05) is 18.0 Å². The maximum absolute atomic E-state index is 12.4. The number of rotatable bonds is 5. The maximum Gasteiger partial charge on any atom is 0.253 e. The molecule has 0 unspecified atom stereocenters. The van der Waals surface area contributed by atoms with Gasteiger partial charge in [0.15, 0.2) is 0 Å². The standard InChI is InChI=1S/C18H18N4O2/c1-12(2)15(20-17(23)14-9-6-10-19-11-14)18-21-16(22-24-18)13-7-4-3-5-8-13/h3-12,15H,1-2H3,(H,20,23)/t15-/m0/s1. The Hall–Kier alpha value is -3.02. The van der Waals surface area contributed by atoms with Crippen LogP contribution in [0.5, 0.6) is 0 Å². The number of aromatic nitrogens is 3. The molecule has 0 aliphatic heterocycles. The topological polar surface area (TPSA) is 80.9 Å². The molecule has 0 saturated carbocycles. The predicted octanol–water partition coefficient (Wildman–Crippen LogP) is 3.26. The molecule has 1 amide bonds. The van der Waals surface area contributed by atoms with Crippen LogP contribution in [0.15, 0.2) is 59.4 Å². The van der Waals surface area contributed by atoms with Gasteiger partial charge in [-0.3, -0.25) is 9.78 Å². The van der Waals surface area contributed by atoms with Crippen LogP contribution in [0.2, 0.25) is 0 Å². The summed E-state index contributed by atoms with van der Waals surface area (Å²) in [5.74, 6) is 0.768. The Morgan fingerprint density at radius 2 is 1.92 bits per heavy atom. The van der Waals surface area contributed by atoms with Crippen molar-refractivity contribution < 1.29 is 9.32 Å². The van der Waals surface area contributed by atoms with E-state index in [0.29, 0.717) is 17.3 Å². The summed E-state index contributed by atoms with van der Waals surface area (Å²) in [6.45, 7) is 3.97. The van der Waals surface area contributed by atoms with Gasteiger partial charge in [0.1, 0.15) is 6.04 Å². The van der Waals surface area contributed by atoms with E-state index in [1.54, 1.807) is 18.3 Å². The van der Waals surface area contributed by atoms with E-state index in [1.807, 2.05) is 44.2 Å². The monoisotopic (exact) mass is 322 g/mol. The van der Waals surface area contributed by atoms with Crippen LogP contribution in [-0.4, -0.2) is 21.0 Å². The van der Waals surface area contributed by atoms with Crippen LogP contribution in [0.1, 0.15) is 36.1 Å². The number of carbonyl (C=O) groups is 1. The van der Waals surface area contributed by atoms with Crippen LogP contribution >= 0.6 is 0 Å². The van der Waals surface area contributed by atoms with Crippen LogP contribution in [-0.2, 0) is 0 Å². The predicted molar refractivity (Wildman–Crippen MR) is 89.0 cm³/mol. The van der Waals surface area contributed by atoms with Crippen molar-refractivity contribution in [2.45, 2.75) is 19.9 Å². The summed E-state index contributed by atoms with van der Waals surface area (Å²) in [7, 11) is 0. The number of hydrogen-bond donors (Lipinski definition) is 1. The third-order valence-electron chi connectivity index (χ3n) is 3.62.